The lowest BCUT2D eigenvalue weighted by atomic mass is 10.0. The third kappa shape index (κ3) is 2.02. The van der Waals surface area contributed by atoms with Crippen LogP contribution in [0.25, 0.3) is 16.2 Å². The van der Waals surface area contributed by atoms with Gasteiger partial charge in [0.1, 0.15) is 11.4 Å². The number of carbonyl (C=O) groups is 1. The Morgan fingerprint density at radius 1 is 1.32 bits per heavy atom. The summed E-state index contributed by atoms with van der Waals surface area (Å²) in [5, 5.41) is 0.731. The van der Waals surface area contributed by atoms with Crippen molar-refractivity contribution < 1.29 is 4.79 Å². The van der Waals surface area contributed by atoms with Crippen molar-refractivity contribution in [2.75, 3.05) is 0 Å². The number of hydrogen-bond acceptors (Lipinski definition) is 3. The van der Waals surface area contributed by atoms with Gasteiger partial charge >= 0.3 is 0 Å². The van der Waals surface area contributed by atoms with Crippen LogP contribution in [0.1, 0.15) is 39.5 Å². The first-order valence-electron chi connectivity index (χ1n) is 7.43. The van der Waals surface area contributed by atoms with Gasteiger partial charge in [-0.15, -0.1) is 11.3 Å². The van der Waals surface area contributed by atoms with Crippen molar-refractivity contribution >= 4 is 34.2 Å². The van der Waals surface area contributed by atoms with E-state index in [1.165, 1.54) is 23.4 Å². The molecule has 5 heteroatoms. The molecule has 1 aliphatic rings. The van der Waals surface area contributed by atoms with Gasteiger partial charge in [0.2, 0.25) is 0 Å². The summed E-state index contributed by atoms with van der Waals surface area (Å²) < 4.78 is 2.06. The van der Waals surface area contributed by atoms with Gasteiger partial charge in [-0.1, -0.05) is 17.7 Å². The van der Waals surface area contributed by atoms with Gasteiger partial charge in [-0.25, -0.2) is 4.98 Å². The van der Waals surface area contributed by atoms with Crippen molar-refractivity contribution in [2.45, 2.75) is 32.6 Å². The molecule has 0 unspecified atom stereocenters. The number of hydrogen-bond donors (Lipinski definition) is 0. The number of thiazole rings is 1. The molecule has 0 saturated heterocycles. The number of aromatic nitrogens is 2. The highest BCUT2D eigenvalue weighted by Gasteiger charge is 2.23. The summed E-state index contributed by atoms with van der Waals surface area (Å²) in [7, 11) is 0. The zero-order valence-corrected chi connectivity index (χ0v) is 13.8. The van der Waals surface area contributed by atoms with E-state index in [0.717, 1.165) is 45.9 Å². The Bertz CT molecular complexity index is 894. The fourth-order valence-electron chi connectivity index (χ4n) is 3.17. The first-order valence-corrected chi connectivity index (χ1v) is 8.63. The van der Waals surface area contributed by atoms with E-state index in [-0.39, 0.29) is 0 Å². The molecule has 0 amide bonds. The van der Waals surface area contributed by atoms with Crippen LogP contribution in [0.3, 0.4) is 0 Å². The predicted octanol–water partition coefficient (Wildman–Crippen LogP) is 4.72. The molecule has 0 spiro atoms. The molecule has 112 valence electrons. The van der Waals surface area contributed by atoms with Gasteiger partial charge in [0.25, 0.3) is 0 Å². The van der Waals surface area contributed by atoms with Crippen LogP contribution in [0, 0.1) is 6.92 Å². The largest absolute Gasteiger partial charge is 0.296 e. The fourth-order valence-corrected chi connectivity index (χ4v) is 4.50. The summed E-state index contributed by atoms with van der Waals surface area (Å²) in [6.07, 6.45) is 5.49. The molecule has 22 heavy (non-hydrogen) atoms. The molecule has 3 nitrogen and oxygen atoms in total. The maximum Gasteiger partial charge on any atom is 0.195 e. The van der Waals surface area contributed by atoms with E-state index in [1.807, 2.05) is 25.1 Å². The first kappa shape index (κ1) is 14.0. The Labute approximate surface area is 137 Å². The molecule has 3 aromatic rings. The summed E-state index contributed by atoms with van der Waals surface area (Å²) in [6, 6.07) is 5.79. The van der Waals surface area contributed by atoms with Crippen molar-refractivity contribution in [1.82, 2.24) is 9.38 Å². The van der Waals surface area contributed by atoms with E-state index in [9.17, 15) is 4.79 Å². The number of aldehydes is 1. The Balaban J connectivity index is 1.96. The van der Waals surface area contributed by atoms with E-state index in [1.54, 1.807) is 11.3 Å². The number of nitrogens with zero attached hydrogens (tertiary/aromatic N) is 2. The Kier molecular flexibility index (Phi) is 3.31. The van der Waals surface area contributed by atoms with Gasteiger partial charge in [0.15, 0.2) is 11.2 Å². The van der Waals surface area contributed by atoms with Crippen LogP contribution in [-0.4, -0.2) is 15.7 Å². The minimum Gasteiger partial charge on any atom is -0.296 e. The summed E-state index contributed by atoms with van der Waals surface area (Å²) >= 11 is 7.82. The molecule has 4 rings (SSSR count). The molecular formula is C17H15ClN2OS. The summed E-state index contributed by atoms with van der Waals surface area (Å²) in [6.45, 7) is 1.96. The molecular weight excluding hydrogens is 316 g/mol. The topological polar surface area (TPSA) is 34.4 Å². The lowest BCUT2D eigenvalue weighted by molar-refractivity contribution is 0.111. The van der Waals surface area contributed by atoms with Gasteiger partial charge in [-0.2, -0.15) is 0 Å². The van der Waals surface area contributed by atoms with Gasteiger partial charge < -0.3 is 0 Å². The molecule has 0 aliphatic heterocycles. The number of aryl methyl sites for hydroxylation is 3. The fraction of sp³-hybridized carbons (Fsp3) is 0.294. The summed E-state index contributed by atoms with van der Waals surface area (Å²) in [5.41, 5.74) is 4.64. The van der Waals surface area contributed by atoms with E-state index >= 15 is 0 Å². The smallest absolute Gasteiger partial charge is 0.195 e. The van der Waals surface area contributed by atoms with Crippen LogP contribution in [0.4, 0.5) is 0 Å². The zero-order chi connectivity index (χ0) is 15.3. The zero-order valence-electron chi connectivity index (χ0n) is 12.2. The molecule has 2 heterocycles. The second-order valence-corrected chi connectivity index (χ2v) is 7.19. The van der Waals surface area contributed by atoms with E-state index in [2.05, 4.69) is 4.40 Å². The van der Waals surface area contributed by atoms with Crippen LogP contribution in [-0.2, 0) is 12.8 Å². The third-order valence-electron chi connectivity index (χ3n) is 4.30. The summed E-state index contributed by atoms with van der Waals surface area (Å²) in [4.78, 5) is 18.8. The van der Waals surface area contributed by atoms with Crippen LogP contribution in [0.5, 0.6) is 0 Å². The maximum atomic E-state index is 11.7. The molecule has 1 aliphatic carbocycles. The van der Waals surface area contributed by atoms with Gasteiger partial charge in [-0.05, 0) is 50.3 Å². The lowest BCUT2D eigenvalue weighted by Crippen LogP contribution is -2.04. The number of halogens is 1. The highest BCUT2D eigenvalue weighted by atomic mass is 35.5. The Morgan fingerprint density at radius 2 is 2.14 bits per heavy atom. The van der Waals surface area contributed by atoms with Crippen LogP contribution in [0.2, 0.25) is 5.02 Å². The minimum absolute atomic E-state index is 0.663. The van der Waals surface area contributed by atoms with E-state index in [4.69, 9.17) is 16.6 Å². The van der Waals surface area contributed by atoms with Gasteiger partial charge in [0, 0.05) is 21.2 Å². The van der Waals surface area contributed by atoms with Gasteiger partial charge in [0.05, 0.1) is 0 Å². The van der Waals surface area contributed by atoms with E-state index < -0.39 is 0 Å². The van der Waals surface area contributed by atoms with Crippen molar-refractivity contribution in [1.29, 1.82) is 0 Å². The highest BCUT2D eigenvalue weighted by molar-refractivity contribution is 7.17. The standard InChI is InChI=1S/C17H15ClN2OS/c1-10-8-11(6-7-12(10)18)16-14(9-21)20-13-4-2-3-5-15(13)22-17(20)19-16/h6-9H,2-5H2,1H3. The second kappa shape index (κ2) is 5.21. The normalized spacial score (nSPS) is 14.3. The predicted molar refractivity (Wildman–Crippen MR) is 90.3 cm³/mol. The van der Waals surface area contributed by atoms with Crippen LogP contribution < -0.4 is 0 Å². The molecule has 0 atom stereocenters. The maximum absolute atomic E-state index is 11.7. The number of imidazole rings is 1. The summed E-state index contributed by atoms with van der Waals surface area (Å²) in [5.74, 6) is 0. The number of rotatable bonds is 2. The number of benzene rings is 1. The van der Waals surface area contributed by atoms with E-state index in [0.29, 0.717) is 5.69 Å². The molecule has 1 aromatic carbocycles. The molecule has 0 saturated carbocycles. The Morgan fingerprint density at radius 3 is 2.91 bits per heavy atom. The lowest BCUT2D eigenvalue weighted by Gasteiger charge is -2.11. The molecule has 0 bridgehead atoms. The third-order valence-corrected chi connectivity index (χ3v) is 5.87. The minimum atomic E-state index is 0.663. The average molecular weight is 331 g/mol. The van der Waals surface area contributed by atoms with Crippen LogP contribution in [0.15, 0.2) is 18.2 Å². The highest BCUT2D eigenvalue weighted by Crippen LogP contribution is 2.35. The molecule has 0 fully saturated rings. The van der Waals surface area contributed by atoms with Crippen molar-refractivity contribution in [2.24, 2.45) is 0 Å². The quantitative estimate of drug-likeness (QED) is 0.637. The molecule has 0 N–H and O–H groups in total. The Hall–Kier alpha value is -1.65. The van der Waals surface area contributed by atoms with Crippen LogP contribution >= 0.6 is 22.9 Å². The monoisotopic (exact) mass is 330 g/mol. The van der Waals surface area contributed by atoms with Crippen molar-refractivity contribution in [3.8, 4) is 11.3 Å². The van der Waals surface area contributed by atoms with Crippen molar-refractivity contribution in [3.63, 3.8) is 0 Å². The van der Waals surface area contributed by atoms with Crippen molar-refractivity contribution in [3.05, 3.63) is 45.1 Å². The molecule has 2 aromatic heterocycles. The number of carbonyl (C=O) groups excluding carboxylic acids is 1. The van der Waals surface area contributed by atoms with Gasteiger partial charge in [-0.3, -0.25) is 9.20 Å². The second-order valence-electron chi connectivity index (χ2n) is 5.72. The average Bonchev–Trinajstić information content (AvgIpc) is 3.05. The first-order chi connectivity index (χ1) is 10.7. The molecule has 0 radical (unpaired) electrons. The SMILES string of the molecule is Cc1cc(-c2nc3sc4c(n3c2C=O)CCCC4)ccc1Cl. The number of fused-ring (bicyclic) bond motifs is 3.